The van der Waals surface area contributed by atoms with E-state index in [1.165, 1.54) is 28.0 Å². The van der Waals surface area contributed by atoms with Gasteiger partial charge in [-0.3, -0.25) is 14.2 Å². The number of fused-ring (bicyclic) bond motifs is 1. The quantitative estimate of drug-likeness (QED) is 0.326. The molecule has 0 aliphatic heterocycles. The zero-order chi connectivity index (χ0) is 21.3. The molecule has 0 aliphatic carbocycles. The van der Waals surface area contributed by atoms with Crippen molar-refractivity contribution in [2.45, 2.75) is 12.1 Å². The first-order valence-corrected chi connectivity index (χ1v) is 11.1. The first-order valence-electron chi connectivity index (χ1n) is 8.88. The Morgan fingerprint density at radius 2 is 2.07 bits per heavy atom. The van der Waals surface area contributed by atoms with Crippen LogP contribution in [0.2, 0.25) is 5.02 Å². The number of nitrogens with zero attached hydrogens (tertiary/aromatic N) is 2. The molecule has 0 unspecified atom stereocenters. The SMILES string of the molecule is Cc1ccc(NC(=O)CSc2nc3ccsc3c(=O)n2-c2ccccc2F)c(Cl)c1. The van der Waals surface area contributed by atoms with E-state index in [2.05, 4.69) is 10.3 Å². The van der Waals surface area contributed by atoms with Gasteiger partial charge >= 0.3 is 0 Å². The Bertz CT molecular complexity index is 1320. The molecule has 1 N–H and O–H groups in total. The topological polar surface area (TPSA) is 64.0 Å². The molecule has 4 rings (SSSR count). The van der Waals surface area contributed by atoms with Gasteiger partial charge < -0.3 is 5.32 Å². The van der Waals surface area contributed by atoms with Crippen LogP contribution in [0, 0.1) is 12.7 Å². The third kappa shape index (κ3) is 4.12. The van der Waals surface area contributed by atoms with Crippen LogP contribution in [0.25, 0.3) is 15.9 Å². The summed E-state index contributed by atoms with van der Waals surface area (Å²) in [5, 5.41) is 5.18. The summed E-state index contributed by atoms with van der Waals surface area (Å²) in [7, 11) is 0. The Labute approximate surface area is 184 Å². The fourth-order valence-electron chi connectivity index (χ4n) is 2.87. The van der Waals surface area contributed by atoms with Crippen molar-refractivity contribution >= 4 is 56.5 Å². The third-order valence-electron chi connectivity index (χ3n) is 4.27. The number of hydrogen-bond acceptors (Lipinski definition) is 5. The van der Waals surface area contributed by atoms with Crippen molar-refractivity contribution in [3.63, 3.8) is 0 Å². The maximum Gasteiger partial charge on any atom is 0.276 e. The smallest absolute Gasteiger partial charge is 0.276 e. The second-order valence-corrected chi connectivity index (χ2v) is 8.71. The van der Waals surface area contributed by atoms with E-state index in [0.717, 1.165) is 17.3 Å². The van der Waals surface area contributed by atoms with E-state index in [4.69, 9.17) is 11.6 Å². The minimum Gasteiger partial charge on any atom is -0.324 e. The predicted molar refractivity (Wildman–Crippen MR) is 121 cm³/mol. The maximum atomic E-state index is 14.4. The molecule has 152 valence electrons. The average Bonchev–Trinajstić information content (AvgIpc) is 3.18. The molecule has 4 aromatic rings. The van der Waals surface area contributed by atoms with E-state index in [1.54, 1.807) is 35.7 Å². The highest BCUT2D eigenvalue weighted by Gasteiger charge is 2.18. The Morgan fingerprint density at radius 1 is 1.27 bits per heavy atom. The van der Waals surface area contributed by atoms with Crippen LogP contribution in [-0.2, 0) is 4.79 Å². The largest absolute Gasteiger partial charge is 0.324 e. The van der Waals surface area contributed by atoms with Gasteiger partial charge in [-0.05, 0) is 48.2 Å². The summed E-state index contributed by atoms with van der Waals surface area (Å²) >= 11 is 8.47. The molecule has 0 atom stereocenters. The highest BCUT2D eigenvalue weighted by molar-refractivity contribution is 7.99. The van der Waals surface area contributed by atoms with Crippen molar-refractivity contribution in [1.29, 1.82) is 0 Å². The van der Waals surface area contributed by atoms with Crippen LogP contribution in [0.4, 0.5) is 10.1 Å². The van der Waals surface area contributed by atoms with Crippen molar-refractivity contribution in [3.05, 3.63) is 80.7 Å². The lowest BCUT2D eigenvalue weighted by molar-refractivity contribution is -0.113. The number of nitrogens with one attached hydrogen (secondary N) is 1. The number of halogens is 2. The summed E-state index contributed by atoms with van der Waals surface area (Å²) in [6.45, 7) is 1.90. The standard InChI is InChI=1S/C21H15ClFN3O2S2/c1-12-6-7-15(13(22)10-12)24-18(27)11-30-21-25-16-8-9-29-19(16)20(28)26(21)17-5-3-2-4-14(17)23/h2-10H,11H2,1H3,(H,24,27). The van der Waals surface area contributed by atoms with E-state index >= 15 is 0 Å². The zero-order valence-electron chi connectivity index (χ0n) is 15.7. The molecule has 0 aliphatic rings. The van der Waals surface area contributed by atoms with Gasteiger partial charge in [0.15, 0.2) is 5.16 Å². The van der Waals surface area contributed by atoms with Crippen LogP contribution in [-0.4, -0.2) is 21.2 Å². The lowest BCUT2D eigenvalue weighted by atomic mass is 10.2. The zero-order valence-corrected chi connectivity index (χ0v) is 18.1. The Kier molecular flexibility index (Phi) is 5.90. The molecule has 0 saturated carbocycles. The van der Waals surface area contributed by atoms with Gasteiger partial charge in [0, 0.05) is 0 Å². The summed E-state index contributed by atoms with van der Waals surface area (Å²) in [5.74, 6) is -0.888. The molecule has 9 heteroatoms. The summed E-state index contributed by atoms with van der Waals surface area (Å²) < 4.78 is 16.1. The molecular weight excluding hydrogens is 445 g/mol. The van der Waals surface area contributed by atoms with Crippen LogP contribution in [0.3, 0.4) is 0 Å². The number of benzene rings is 2. The average molecular weight is 460 g/mol. The van der Waals surface area contributed by atoms with Gasteiger partial charge in [-0.25, -0.2) is 9.37 Å². The number of aromatic nitrogens is 2. The van der Waals surface area contributed by atoms with Gasteiger partial charge in [-0.15, -0.1) is 11.3 Å². The minimum absolute atomic E-state index is 0.0270. The van der Waals surface area contributed by atoms with Crippen LogP contribution in [0.1, 0.15) is 5.56 Å². The lowest BCUT2D eigenvalue weighted by Crippen LogP contribution is -2.23. The van der Waals surface area contributed by atoms with Gasteiger partial charge in [-0.2, -0.15) is 0 Å². The summed E-state index contributed by atoms with van der Waals surface area (Å²) in [6, 6.07) is 13.0. The van der Waals surface area contributed by atoms with Gasteiger partial charge in [0.1, 0.15) is 10.5 Å². The van der Waals surface area contributed by atoms with Crippen molar-refractivity contribution in [3.8, 4) is 5.69 Å². The molecule has 0 spiro atoms. The Balaban J connectivity index is 1.65. The molecule has 0 bridgehead atoms. The van der Waals surface area contributed by atoms with Gasteiger partial charge in [0.2, 0.25) is 5.91 Å². The number of anilines is 1. The molecule has 0 fully saturated rings. The van der Waals surface area contributed by atoms with Crippen molar-refractivity contribution in [2.75, 3.05) is 11.1 Å². The Hall–Kier alpha value is -2.68. The predicted octanol–water partition coefficient (Wildman–Crippen LogP) is 5.28. The number of thioether (sulfide) groups is 1. The van der Waals surface area contributed by atoms with E-state index in [1.807, 2.05) is 13.0 Å². The summed E-state index contributed by atoms with van der Waals surface area (Å²) in [6.07, 6.45) is 0. The van der Waals surface area contributed by atoms with E-state index in [9.17, 15) is 14.0 Å². The van der Waals surface area contributed by atoms with Crippen molar-refractivity contribution in [2.24, 2.45) is 0 Å². The number of carbonyl (C=O) groups excluding carboxylic acids is 1. The number of rotatable bonds is 5. The molecule has 5 nitrogen and oxygen atoms in total. The molecule has 30 heavy (non-hydrogen) atoms. The van der Waals surface area contributed by atoms with E-state index in [0.29, 0.717) is 20.9 Å². The van der Waals surface area contributed by atoms with Crippen LogP contribution < -0.4 is 10.9 Å². The molecular formula is C21H15ClFN3O2S2. The normalized spacial score (nSPS) is 11.0. The van der Waals surface area contributed by atoms with Crippen LogP contribution in [0.5, 0.6) is 0 Å². The summed E-state index contributed by atoms with van der Waals surface area (Å²) in [4.78, 5) is 30.0. The molecule has 0 saturated heterocycles. The van der Waals surface area contributed by atoms with E-state index in [-0.39, 0.29) is 28.1 Å². The number of aryl methyl sites for hydroxylation is 1. The fraction of sp³-hybridized carbons (Fsp3) is 0.0952. The molecule has 2 aromatic heterocycles. The monoisotopic (exact) mass is 459 g/mol. The number of thiophene rings is 1. The first kappa shape index (κ1) is 20.6. The Morgan fingerprint density at radius 3 is 2.83 bits per heavy atom. The first-order chi connectivity index (χ1) is 14.4. The molecule has 0 radical (unpaired) electrons. The number of hydrogen-bond donors (Lipinski definition) is 1. The van der Waals surface area contributed by atoms with Crippen molar-refractivity contribution < 1.29 is 9.18 Å². The fourth-order valence-corrected chi connectivity index (χ4v) is 4.72. The molecule has 2 aromatic carbocycles. The summed E-state index contributed by atoms with van der Waals surface area (Å²) in [5.41, 5.74) is 1.72. The number of amides is 1. The number of carbonyl (C=O) groups is 1. The maximum absolute atomic E-state index is 14.4. The minimum atomic E-state index is -0.546. The van der Waals surface area contributed by atoms with Gasteiger partial charge in [0.05, 0.1) is 27.7 Å². The molecule has 1 amide bonds. The van der Waals surface area contributed by atoms with Gasteiger partial charge in [0.25, 0.3) is 5.56 Å². The lowest BCUT2D eigenvalue weighted by Gasteiger charge is -2.13. The number of para-hydroxylation sites is 1. The van der Waals surface area contributed by atoms with Crippen molar-refractivity contribution in [1.82, 2.24) is 9.55 Å². The highest BCUT2D eigenvalue weighted by atomic mass is 35.5. The second-order valence-electron chi connectivity index (χ2n) is 6.44. The highest BCUT2D eigenvalue weighted by Crippen LogP contribution is 2.26. The third-order valence-corrected chi connectivity index (χ3v) is 6.42. The molecule has 2 heterocycles. The van der Waals surface area contributed by atoms with Crippen LogP contribution >= 0.6 is 34.7 Å². The van der Waals surface area contributed by atoms with E-state index < -0.39 is 5.82 Å². The second kappa shape index (κ2) is 8.59. The van der Waals surface area contributed by atoms with Crippen LogP contribution in [0.15, 0.2) is 63.9 Å². The van der Waals surface area contributed by atoms with Gasteiger partial charge in [-0.1, -0.05) is 41.6 Å².